The molecular formula is C13H25N. The average Bonchev–Trinajstić information content (AvgIpc) is 2.21. The lowest BCUT2D eigenvalue weighted by Gasteiger charge is -2.36. The van der Waals surface area contributed by atoms with Gasteiger partial charge in [0.2, 0.25) is 0 Å². The van der Waals surface area contributed by atoms with Gasteiger partial charge >= 0.3 is 0 Å². The Hall–Kier alpha value is -0.330. The Bertz CT molecular complexity index is 163. The molecule has 0 aromatic heterocycles. The molecular weight excluding hydrogens is 170 g/mol. The van der Waals surface area contributed by atoms with Crippen molar-refractivity contribution in [3.63, 3.8) is 0 Å². The minimum atomic E-state index is 0.597. The summed E-state index contributed by atoms with van der Waals surface area (Å²) < 4.78 is 0. The highest BCUT2D eigenvalue weighted by atomic mass is 14.4. The lowest BCUT2D eigenvalue weighted by molar-refractivity contribution is 0.175. The van der Waals surface area contributed by atoms with E-state index in [1.165, 1.54) is 44.9 Å². The molecule has 1 aliphatic rings. The Morgan fingerprint density at radius 1 is 1.14 bits per heavy atom. The second-order valence-electron chi connectivity index (χ2n) is 4.76. The summed E-state index contributed by atoms with van der Waals surface area (Å²) in [5.74, 6) is 2.34. The van der Waals surface area contributed by atoms with Crippen molar-refractivity contribution in [1.82, 2.24) is 0 Å². The van der Waals surface area contributed by atoms with Crippen LogP contribution in [0.15, 0.2) is 0 Å². The van der Waals surface area contributed by atoms with Gasteiger partial charge in [-0.05, 0) is 36.8 Å². The zero-order chi connectivity index (χ0) is 10.4. The SMILES string of the molecule is CCCC1CCCC(C=N)C1CCC. The van der Waals surface area contributed by atoms with Crippen molar-refractivity contribution in [1.29, 1.82) is 5.41 Å². The molecule has 1 aliphatic carbocycles. The van der Waals surface area contributed by atoms with E-state index in [4.69, 9.17) is 5.41 Å². The maximum absolute atomic E-state index is 7.50. The third-order valence-corrected chi connectivity index (χ3v) is 3.76. The summed E-state index contributed by atoms with van der Waals surface area (Å²) in [5.41, 5.74) is 0. The van der Waals surface area contributed by atoms with Crippen LogP contribution in [-0.4, -0.2) is 6.21 Å². The van der Waals surface area contributed by atoms with E-state index < -0.39 is 0 Å². The molecule has 0 saturated heterocycles. The first kappa shape index (κ1) is 11.7. The number of rotatable bonds is 5. The fourth-order valence-corrected chi connectivity index (χ4v) is 3.11. The van der Waals surface area contributed by atoms with E-state index in [-0.39, 0.29) is 0 Å². The van der Waals surface area contributed by atoms with E-state index in [0.29, 0.717) is 5.92 Å². The van der Waals surface area contributed by atoms with Crippen molar-refractivity contribution in [2.45, 2.75) is 58.8 Å². The van der Waals surface area contributed by atoms with Crippen LogP contribution in [0.2, 0.25) is 0 Å². The highest BCUT2D eigenvalue weighted by Crippen LogP contribution is 2.39. The molecule has 0 spiro atoms. The summed E-state index contributed by atoms with van der Waals surface area (Å²) in [6.45, 7) is 4.57. The van der Waals surface area contributed by atoms with E-state index in [1.807, 2.05) is 0 Å². The van der Waals surface area contributed by atoms with E-state index >= 15 is 0 Å². The van der Waals surface area contributed by atoms with Gasteiger partial charge in [-0.15, -0.1) is 0 Å². The molecule has 0 aromatic rings. The molecule has 0 aliphatic heterocycles. The predicted octanol–water partition coefficient (Wildman–Crippen LogP) is 4.27. The van der Waals surface area contributed by atoms with Gasteiger partial charge in [-0.25, -0.2) is 0 Å². The quantitative estimate of drug-likeness (QED) is 0.633. The van der Waals surface area contributed by atoms with Gasteiger partial charge in [-0.3, -0.25) is 0 Å². The molecule has 0 radical (unpaired) electrons. The molecule has 3 atom stereocenters. The van der Waals surface area contributed by atoms with Crippen LogP contribution in [0, 0.1) is 23.2 Å². The molecule has 0 aromatic carbocycles. The van der Waals surface area contributed by atoms with Gasteiger partial charge in [0.25, 0.3) is 0 Å². The molecule has 1 N–H and O–H groups in total. The fraction of sp³-hybridized carbons (Fsp3) is 0.923. The van der Waals surface area contributed by atoms with E-state index in [0.717, 1.165) is 11.8 Å². The second kappa shape index (κ2) is 6.21. The Kier molecular flexibility index (Phi) is 5.21. The van der Waals surface area contributed by atoms with Gasteiger partial charge < -0.3 is 5.41 Å². The van der Waals surface area contributed by atoms with Crippen molar-refractivity contribution in [2.75, 3.05) is 0 Å². The summed E-state index contributed by atoms with van der Waals surface area (Å²) in [5, 5.41) is 7.50. The van der Waals surface area contributed by atoms with Gasteiger partial charge in [-0.2, -0.15) is 0 Å². The average molecular weight is 195 g/mol. The molecule has 14 heavy (non-hydrogen) atoms. The van der Waals surface area contributed by atoms with Crippen molar-refractivity contribution < 1.29 is 0 Å². The first-order chi connectivity index (χ1) is 6.83. The van der Waals surface area contributed by atoms with Crippen molar-refractivity contribution in [3.05, 3.63) is 0 Å². The molecule has 1 fully saturated rings. The normalized spacial score (nSPS) is 32.9. The van der Waals surface area contributed by atoms with Crippen LogP contribution in [0.4, 0.5) is 0 Å². The first-order valence-electron chi connectivity index (χ1n) is 6.34. The number of hydrogen-bond donors (Lipinski definition) is 1. The minimum absolute atomic E-state index is 0.597. The van der Waals surface area contributed by atoms with E-state index in [1.54, 1.807) is 6.21 Å². The zero-order valence-electron chi connectivity index (χ0n) is 9.76. The van der Waals surface area contributed by atoms with Crippen molar-refractivity contribution in [2.24, 2.45) is 17.8 Å². The maximum Gasteiger partial charge on any atom is -0.00139 e. The highest BCUT2D eigenvalue weighted by molar-refractivity contribution is 5.57. The number of nitrogens with one attached hydrogen (secondary N) is 1. The fourth-order valence-electron chi connectivity index (χ4n) is 3.11. The van der Waals surface area contributed by atoms with Gasteiger partial charge in [-0.1, -0.05) is 46.0 Å². The topological polar surface area (TPSA) is 23.9 Å². The van der Waals surface area contributed by atoms with Crippen LogP contribution in [0.5, 0.6) is 0 Å². The van der Waals surface area contributed by atoms with Gasteiger partial charge in [0.1, 0.15) is 0 Å². The van der Waals surface area contributed by atoms with Crippen LogP contribution in [0.3, 0.4) is 0 Å². The molecule has 1 rings (SSSR count). The number of hydrogen-bond acceptors (Lipinski definition) is 1. The maximum atomic E-state index is 7.50. The predicted molar refractivity (Wildman–Crippen MR) is 62.9 cm³/mol. The summed E-state index contributed by atoms with van der Waals surface area (Å²) in [6, 6.07) is 0. The summed E-state index contributed by atoms with van der Waals surface area (Å²) in [7, 11) is 0. The molecule has 1 nitrogen and oxygen atoms in total. The van der Waals surface area contributed by atoms with Crippen LogP contribution in [-0.2, 0) is 0 Å². The second-order valence-corrected chi connectivity index (χ2v) is 4.76. The Morgan fingerprint density at radius 2 is 1.86 bits per heavy atom. The third-order valence-electron chi connectivity index (χ3n) is 3.76. The highest BCUT2D eigenvalue weighted by Gasteiger charge is 2.30. The standard InChI is InChI=1S/C13H25N/c1-3-6-11-8-5-9-12(10-14)13(11)7-4-2/h10-14H,3-9H2,1-2H3. The molecule has 0 heterocycles. The molecule has 3 unspecified atom stereocenters. The molecule has 0 amide bonds. The Morgan fingerprint density at radius 3 is 2.43 bits per heavy atom. The lowest BCUT2D eigenvalue weighted by atomic mass is 9.69. The van der Waals surface area contributed by atoms with Crippen LogP contribution >= 0.6 is 0 Å². The Balaban J connectivity index is 2.57. The molecule has 0 bridgehead atoms. The summed E-state index contributed by atoms with van der Waals surface area (Å²) in [6.07, 6.45) is 11.1. The van der Waals surface area contributed by atoms with Crippen molar-refractivity contribution in [3.8, 4) is 0 Å². The summed E-state index contributed by atoms with van der Waals surface area (Å²) >= 11 is 0. The van der Waals surface area contributed by atoms with Gasteiger partial charge in [0, 0.05) is 0 Å². The van der Waals surface area contributed by atoms with Gasteiger partial charge in [0.15, 0.2) is 0 Å². The van der Waals surface area contributed by atoms with Crippen molar-refractivity contribution >= 4 is 6.21 Å². The minimum Gasteiger partial charge on any atom is -0.313 e. The van der Waals surface area contributed by atoms with Crippen LogP contribution in [0.1, 0.15) is 58.8 Å². The van der Waals surface area contributed by atoms with Crippen LogP contribution in [0.25, 0.3) is 0 Å². The molecule has 1 saturated carbocycles. The van der Waals surface area contributed by atoms with Crippen LogP contribution < -0.4 is 0 Å². The molecule has 1 heteroatoms. The largest absolute Gasteiger partial charge is 0.313 e. The summed E-state index contributed by atoms with van der Waals surface area (Å²) in [4.78, 5) is 0. The Labute approximate surface area is 88.8 Å². The monoisotopic (exact) mass is 195 g/mol. The molecule has 82 valence electrons. The van der Waals surface area contributed by atoms with Gasteiger partial charge in [0.05, 0.1) is 0 Å². The van der Waals surface area contributed by atoms with E-state index in [9.17, 15) is 0 Å². The smallest absolute Gasteiger partial charge is 0.00139 e. The lowest BCUT2D eigenvalue weighted by Crippen LogP contribution is -2.29. The third kappa shape index (κ3) is 2.83. The van der Waals surface area contributed by atoms with E-state index in [2.05, 4.69) is 13.8 Å². The first-order valence-corrected chi connectivity index (χ1v) is 6.34. The zero-order valence-corrected chi connectivity index (χ0v) is 9.76.